The molecule has 0 unspecified atom stereocenters. The summed E-state index contributed by atoms with van der Waals surface area (Å²) in [7, 11) is 1.85. The monoisotopic (exact) mass is 244 g/mol. The second kappa shape index (κ2) is 5.02. The fourth-order valence-corrected chi connectivity index (χ4v) is 1.76. The summed E-state index contributed by atoms with van der Waals surface area (Å²) in [5.74, 6) is -0.267. The molecule has 16 heavy (non-hydrogen) atoms. The lowest BCUT2D eigenvalue weighted by Crippen LogP contribution is -2.43. The Morgan fingerprint density at radius 2 is 2.06 bits per heavy atom. The standard InChI is InChI=1S/C12H18ClFN2/c1-12(2,6-7-15)16(3)11-8-9(13)4-5-10(11)14/h4-5,8H,6-7,15H2,1-3H3. The second-order valence-corrected chi connectivity index (χ2v) is 4.94. The number of anilines is 1. The molecule has 4 heteroatoms. The van der Waals surface area contributed by atoms with Crippen LogP contribution in [0.4, 0.5) is 10.1 Å². The number of rotatable bonds is 4. The van der Waals surface area contributed by atoms with Gasteiger partial charge in [-0.15, -0.1) is 0 Å². The lowest BCUT2D eigenvalue weighted by Gasteiger charge is -2.37. The molecule has 0 aromatic heterocycles. The smallest absolute Gasteiger partial charge is 0.146 e. The molecule has 0 spiro atoms. The van der Waals surface area contributed by atoms with Crippen LogP contribution < -0.4 is 10.6 Å². The summed E-state index contributed by atoms with van der Waals surface area (Å²) in [5.41, 5.74) is 5.86. The molecule has 0 radical (unpaired) electrons. The van der Waals surface area contributed by atoms with Gasteiger partial charge < -0.3 is 10.6 Å². The third-order valence-electron chi connectivity index (χ3n) is 2.93. The Labute approximate surface area is 101 Å². The highest BCUT2D eigenvalue weighted by atomic mass is 35.5. The summed E-state index contributed by atoms with van der Waals surface area (Å²) in [4.78, 5) is 1.88. The normalized spacial score (nSPS) is 11.6. The van der Waals surface area contributed by atoms with Gasteiger partial charge in [0.15, 0.2) is 0 Å². The van der Waals surface area contributed by atoms with Crippen molar-refractivity contribution in [2.75, 3.05) is 18.5 Å². The van der Waals surface area contributed by atoms with E-state index in [9.17, 15) is 4.39 Å². The first kappa shape index (κ1) is 13.3. The van der Waals surface area contributed by atoms with Gasteiger partial charge in [-0.3, -0.25) is 0 Å². The molecule has 0 fully saturated rings. The molecule has 0 saturated heterocycles. The Kier molecular flexibility index (Phi) is 4.16. The second-order valence-electron chi connectivity index (χ2n) is 4.51. The molecule has 90 valence electrons. The molecule has 0 heterocycles. The van der Waals surface area contributed by atoms with Gasteiger partial charge in [-0.1, -0.05) is 11.6 Å². The molecule has 0 amide bonds. The molecule has 1 aromatic rings. The maximum absolute atomic E-state index is 13.7. The SMILES string of the molecule is CN(c1cc(Cl)ccc1F)C(C)(C)CCN. The van der Waals surface area contributed by atoms with Gasteiger partial charge in [-0.2, -0.15) is 0 Å². The zero-order valence-corrected chi connectivity index (χ0v) is 10.7. The Hall–Kier alpha value is -0.800. The number of hydrogen-bond acceptors (Lipinski definition) is 2. The van der Waals surface area contributed by atoms with Gasteiger partial charge in [0.2, 0.25) is 0 Å². The van der Waals surface area contributed by atoms with E-state index >= 15 is 0 Å². The van der Waals surface area contributed by atoms with Crippen LogP contribution in [0.15, 0.2) is 18.2 Å². The first-order valence-electron chi connectivity index (χ1n) is 5.27. The molecule has 1 aromatic carbocycles. The van der Waals surface area contributed by atoms with Crippen molar-refractivity contribution < 1.29 is 4.39 Å². The van der Waals surface area contributed by atoms with Gasteiger partial charge in [-0.05, 0) is 45.0 Å². The molecule has 0 atom stereocenters. The molecule has 0 aliphatic heterocycles. The van der Waals surface area contributed by atoms with Crippen molar-refractivity contribution in [3.05, 3.63) is 29.0 Å². The number of nitrogens with zero attached hydrogens (tertiary/aromatic N) is 1. The minimum atomic E-state index is -0.267. The quantitative estimate of drug-likeness (QED) is 0.882. The first-order valence-corrected chi connectivity index (χ1v) is 5.65. The topological polar surface area (TPSA) is 29.3 Å². The van der Waals surface area contributed by atoms with Crippen molar-refractivity contribution in [3.8, 4) is 0 Å². The first-order chi connectivity index (χ1) is 7.38. The number of benzene rings is 1. The zero-order chi connectivity index (χ0) is 12.3. The molecular formula is C12H18ClFN2. The minimum Gasteiger partial charge on any atom is -0.367 e. The lowest BCUT2D eigenvalue weighted by molar-refractivity contribution is 0.449. The van der Waals surface area contributed by atoms with E-state index in [4.69, 9.17) is 17.3 Å². The Bertz CT molecular complexity index is 366. The number of nitrogens with two attached hydrogens (primary N) is 1. The van der Waals surface area contributed by atoms with E-state index in [1.165, 1.54) is 6.07 Å². The van der Waals surface area contributed by atoms with Gasteiger partial charge in [0.1, 0.15) is 5.82 Å². The lowest BCUT2D eigenvalue weighted by atomic mass is 9.98. The molecule has 2 N–H and O–H groups in total. The number of halogens is 2. The average molecular weight is 245 g/mol. The summed E-state index contributed by atoms with van der Waals surface area (Å²) in [6.07, 6.45) is 0.787. The fraction of sp³-hybridized carbons (Fsp3) is 0.500. The van der Waals surface area contributed by atoms with Gasteiger partial charge in [0.05, 0.1) is 5.69 Å². The summed E-state index contributed by atoms with van der Waals surface area (Å²) >= 11 is 5.87. The van der Waals surface area contributed by atoms with E-state index in [2.05, 4.69) is 0 Å². The van der Waals surface area contributed by atoms with Crippen molar-refractivity contribution in [2.24, 2.45) is 5.73 Å². The molecule has 0 saturated carbocycles. The average Bonchev–Trinajstić information content (AvgIpc) is 2.20. The highest BCUT2D eigenvalue weighted by Crippen LogP contribution is 2.29. The number of hydrogen-bond donors (Lipinski definition) is 1. The maximum Gasteiger partial charge on any atom is 0.146 e. The van der Waals surface area contributed by atoms with Gasteiger partial charge >= 0.3 is 0 Å². The fourth-order valence-electron chi connectivity index (χ4n) is 1.59. The van der Waals surface area contributed by atoms with E-state index in [0.29, 0.717) is 17.3 Å². The Morgan fingerprint density at radius 1 is 1.44 bits per heavy atom. The van der Waals surface area contributed by atoms with Crippen LogP contribution in [-0.4, -0.2) is 19.1 Å². The Morgan fingerprint density at radius 3 is 2.62 bits per heavy atom. The van der Waals surface area contributed by atoms with E-state index in [1.807, 2.05) is 25.8 Å². The van der Waals surface area contributed by atoms with Gasteiger partial charge in [-0.25, -0.2) is 4.39 Å². The largest absolute Gasteiger partial charge is 0.367 e. The van der Waals surface area contributed by atoms with Crippen molar-refractivity contribution in [1.82, 2.24) is 0 Å². The summed E-state index contributed by atoms with van der Waals surface area (Å²) in [6, 6.07) is 4.56. The van der Waals surface area contributed by atoms with Crippen LogP contribution in [0, 0.1) is 5.82 Å². The zero-order valence-electron chi connectivity index (χ0n) is 9.93. The molecule has 0 aliphatic rings. The molecular weight excluding hydrogens is 227 g/mol. The van der Waals surface area contributed by atoms with E-state index in [0.717, 1.165) is 6.42 Å². The summed E-state index contributed by atoms with van der Waals surface area (Å²) in [6.45, 7) is 4.62. The molecule has 0 aliphatic carbocycles. The predicted octanol–water partition coefficient (Wildman–Crippen LogP) is 3.04. The predicted molar refractivity (Wildman–Crippen MR) is 67.6 cm³/mol. The van der Waals surface area contributed by atoms with Crippen LogP contribution in [0.2, 0.25) is 5.02 Å². The van der Waals surface area contributed by atoms with Crippen molar-refractivity contribution in [2.45, 2.75) is 25.8 Å². The van der Waals surface area contributed by atoms with Crippen LogP contribution in [-0.2, 0) is 0 Å². The van der Waals surface area contributed by atoms with Crippen molar-refractivity contribution in [1.29, 1.82) is 0 Å². The third-order valence-corrected chi connectivity index (χ3v) is 3.17. The molecule has 0 bridgehead atoms. The van der Waals surface area contributed by atoms with E-state index in [-0.39, 0.29) is 11.4 Å². The van der Waals surface area contributed by atoms with Gasteiger partial charge in [0, 0.05) is 17.6 Å². The summed E-state index contributed by atoms with van der Waals surface area (Å²) < 4.78 is 13.7. The van der Waals surface area contributed by atoms with Crippen LogP contribution >= 0.6 is 11.6 Å². The van der Waals surface area contributed by atoms with Crippen molar-refractivity contribution in [3.63, 3.8) is 0 Å². The van der Waals surface area contributed by atoms with Gasteiger partial charge in [0.25, 0.3) is 0 Å². The summed E-state index contributed by atoms with van der Waals surface area (Å²) in [5, 5.41) is 0.534. The highest BCUT2D eigenvalue weighted by Gasteiger charge is 2.24. The van der Waals surface area contributed by atoms with Crippen LogP contribution in [0.1, 0.15) is 20.3 Å². The van der Waals surface area contributed by atoms with E-state index < -0.39 is 0 Å². The minimum absolute atomic E-state index is 0.194. The van der Waals surface area contributed by atoms with Crippen LogP contribution in [0.5, 0.6) is 0 Å². The maximum atomic E-state index is 13.7. The highest BCUT2D eigenvalue weighted by molar-refractivity contribution is 6.30. The van der Waals surface area contributed by atoms with E-state index in [1.54, 1.807) is 12.1 Å². The van der Waals surface area contributed by atoms with Crippen LogP contribution in [0.3, 0.4) is 0 Å². The third kappa shape index (κ3) is 2.86. The molecule has 1 rings (SSSR count). The molecule has 2 nitrogen and oxygen atoms in total. The van der Waals surface area contributed by atoms with Crippen LogP contribution in [0.25, 0.3) is 0 Å². The van der Waals surface area contributed by atoms with Crippen molar-refractivity contribution >= 4 is 17.3 Å². The Balaban J connectivity index is 3.03.